The van der Waals surface area contributed by atoms with Crippen molar-refractivity contribution in [2.24, 2.45) is 0 Å². The lowest BCUT2D eigenvalue weighted by Crippen LogP contribution is -2.13. The monoisotopic (exact) mass is 327 g/mol. The van der Waals surface area contributed by atoms with E-state index in [2.05, 4.69) is 11.9 Å². The van der Waals surface area contributed by atoms with Gasteiger partial charge in [0.2, 0.25) is 0 Å². The molecule has 0 saturated carbocycles. The quantitative estimate of drug-likeness (QED) is 0.783. The number of rotatable bonds is 7. The lowest BCUT2D eigenvalue weighted by molar-refractivity contribution is 0.102. The smallest absolute Gasteiger partial charge is 0.259 e. The summed E-state index contributed by atoms with van der Waals surface area (Å²) in [6.07, 6.45) is 0. The summed E-state index contributed by atoms with van der Waals surface area (Å²) in [6, 6.07) is 12.2. The SMILES string of the molecule is C=C(C)COc1cccc(NC(=O)c2ccc(OC)cc2OC)c1. The molecular formula is C19H21NO4. The highest BCUT2D eigenvalue weighted by atomic mass is 16.5. The average Bonchev–Trinajstić information content (AvgIpc) is 2.59. The fraction of sp³-hybridized carbons (Fsp3) is 0.211. The van der Waals surface area contributed by atoms with Gasteiger partial charge in [-0.2, -0.15) is 0 Å². The molecule has 1 amide bonds. The molecule has 0 saturated heterocycles. The number of ether oxygens (including phenoxy) is 3. The van der Waals surface area contributed by atoms with Crippen LogP contribution >= 0.6 is 0 Å². The zero-order valence-electron chi connectivity index (χ0n) is 14.1. The molecule has 0 fully saturated rings. The Morgan fingerprint density at radius 1 is 1.08 bits per heavy atom. The Hall–Kier alpha value is -2.95. The number of hydrogen-bond acceptors (Lipinski definition) is 4. The number of carbonyl (C=O) groups excluding carboxylic acids is 1. The van der Waals surface area contributed by atoms with Gasteiger partial charge in [-0.05, 0) is 36.8 Å². The van der Waals surface area contributed by atoms with Crippen LogP contribution < -0.4 is 19.5 Å². The second-order valence-corrected chi connectivity index (χ2v) is 5.29. The van der Waals surface area contributed by atoms with Gasteiger partial charge in [-0.1, -0.05) is 12.6 Å². The molecule has 0 bridgehead atoms. The van der Waals surface area contributed by atoms with Gasteiger partial charge in [0.25, 0.3) is 5.91 Å². The molecular weight excluding hydrogens is 306 g/mol. The third kappa shape index (κ3) is 4.52. The molecule has 0 aliphatic heterocycles. The lowest BCUT2D eigenvalue weighted by atomic mass is 10.1. The first-order chi connectivity index (χ1) is 11.5. The van der Waals surface area contributed by atoms with Crippen LogP contribution in [0, 0.1) is 0 Å². The predicted molar refractivity (Wildman–Crippen MR) is 94.3 cm³/mol. The average molecular weight is 327 g/mol. The summed E-state index contributed by atoms with van der Waals surface area (Å²) in [7, 11) is 3.07. The van der Waals surface area contributed by atoms with Crippen molar-refractivity contribution in [2.45, 2.75) is 6.92 Å². The number of nitrogens with one attached hydrogen (secondary N) is 1. The summed E-state index contributed by atoms with van der Waals surface area (Å²) in [5.74, 6) is 1.46. The minimum absolute atomic E-state index is 0.272. The Kier molecular flexibility index (Phi) is 5.84. The van der Waals surface area contributed by atoms with E-state index < -0.39 is 0 Å². The zero-order valence-corrected chi connectivity index (χ0v) is 14.1. The van der Waals surface area contributed by atoms with Crippen molar-refractivity contribution in [3.63, 3.8) is 0 Å². The maximum atomic E-state index is 12.5. The van der Waals surface area contributed by atoms with E-state index in [4.69, 9.17) is 14.2 Å². The maximum absolute atomic E-state index is 12.5. The molecule has 0 aromatic heterocycles. The van der Waals surface area contributed by atoms with E-state index in [1.165, 1.54) is 7.11 Å². The van der Waals surface area contributed by atoms with Gasteiger partial charge in [0.1, 0.15) is 23.9 Å². The molecule has 2 aromatic carbocycles. The third-order valence-corrected chi connectivity index (χ3v) is 3.23. The van der Waals surface area contributed by atoms with Crippen molar-refractivity contribution < 1.29 is 19.0 Å². The highest BCUT2D eigenvalue weighted by molar-refractivity contribution is 6.06. The second kappa shape index (κ2) is 8.06. The molecule has 2 rings (SSSR count). The minimum atomic E-state index is -0.272. The molecule has 0 spiro atoms. The van der Waals surface area contributed by atoms with Crippen molar-refractivity contribution in [3.05, 3.63) is 60.2 Å². The molecule has 5 nitrogen and oxygen atoms in total. The number of carbonyl (C=O) groups is 1. The summed E-state index contributed by atoms with van der Waals surface area (Å²) in [5.41, 5.74) is 1.98. The Labute approximate surface area is 141 Å². The first kappa shape index (κ1) is 17.4. The fourth-order valence-corrected chi connectivity index (χ4v) is 2.05. The van der Waals surface area contributed by atoms with Crippen LogP contribution in [0.3, 0.4) is 0 Å². The van der Waals surface area contributed by atoms with Gasteiger partial charge in [0.15, 0.2) is 0 Å². The second-order valence-electron chi connectivity index (χ2n) is 5.29. The van der Waals surface area contributed by atoms with E-state index in [1.807, 2.05) is 19.1 Å². The van der Waals surface area contributed by atoms with Crippen LogP contribution in [0.15, 0.2) is 54.6 Å². The van der Waals surface area contributed by atoms with Gasteiger partial charge in [-0.3, -0.25) is 4.79 Å². The summed E-state index contributed by atoms with van der Waals surface area (Å²) in [4.78, 5) is 12.5. The molecule has 1 N–H and O–H groups in total. The van der Waals surface area contributed by atoms with Crippen molar-refractivity contribution in [2.75, 3.05) is 26.1 Å². The number of amides is 1. The molecule has 0 unspecified atom stereocenters. The van der Waals surface area contributed by atoms with Crippen molar-refractivity contribution in [3.8, 4) is 17.2 Å². The standard InChI is InChI=1S/C19H21NO4/c1-13(2)12-24-16-7-5-6-14(10-16)20-19(21)17-9-8-15(22-3)11-18(17)23-4/h5-11H,1,12H2,2-4H3,(H,20,21). The van der Waals surface area contributed by atoms with Gasteiger partial charge in [-0.25, -0.2) is 0 Å². The minimum Gasteiger partial charge on any atom is -0.497 e. The predicted octanol–water partition coefficient (Wildman–Crippen LogP) is 3.91. The zero-order chi connectivity index (χ0) is 17.5. The van der Waals surface area contributed by atoms with Crippen LogP contribution in [0.2, 0.25) is 0 Å². The lowest BCUT2D eigenvalue weighted by Gasteiger charge is -2.12. The Balaban J connectivity index is 2.15. The topological polar surface area (TPSA) is 56.8 Å². The molecule has 0 aliphatic rings. The van der Waals surface area contributed by atoms with Gasteiger partial charge < -0.3 is 19.5 Å². The highest BCUT2D eigenvalue weighted by Crippen LogP contribution is 2.26. The molecule has 24 heavy (non-hydrogen) atoms. The van der Waals surface area contributed by atoms with Crippen molar-refractivity contribution in [1.29, 1.82) is 0 Å². The number of benzene rings is 2. The van der Waals surface area contributed by atoms with Gasteiger partial charge in [0.05, 0.1) is 19.8 Å². The maximum Gasteiger partial charge on any atom is 0.259 e. The van der Waals surface area contributed by atoms with E-state index in [0.717, 1.165) is 5.57 Å². The van der Waals surface area contributed by atoms with Crippen LogP contribution in [-0.4, -0.2) is 26.7 Å². The summed E-state index contributed by atoms with van der Waals surface area (Å²) >= 11 is 0. The van der Waals surface area contributed by atoms with E-state index in [-0.39, 0.29) is 5.91 Å². The van der Waals surface area contributed by atoms with E-state index in [9.17, 15) is 4.79 Å². The molecule has 0 heterocycles. The Morgan fingerprint density at radius 2 is 1.88 bits per heavy atom. The highest BCUT2D eigenvalue weighted by Gasteiger charge is 2.13. The van der Waals surface area contributed by atoms with E-state index in [0.29, 0.717) is 35.1 Å². The first-order valence-corrected chi connectivity index (χ1v) is 7.44. The van der Waals surface area contributed by atoms with Crippen LogP contribution in [-0.2, 0) is 0 Å². The van der Waals surface area contributed by atoms with E-state index >= 15 is 0 Å². The Bertz CT molecular complexity index is 740. The molecule has 0 radical (unpaired) electrons. The van der Waals surface area contributed by atoms with Crippen molar-refractivity contribution >= 4 is 11.6 Å². The fourth-order valence-electron chi connectivity index (χ4n) is 2.05. The Morgan fingerprint density at radius 3 is 2.54 bits per heavy atom. The normalized spacial score (nSPS) is 9.96. The summed E-state index contributed by atoms with van der Waals surface area (Å²) in [5, 5.41) is 2.84. The van der Waals surface area contributed by atoms with Crippen LogP contribution in [0.25, 0.3) is 0 Å². The first-order valence-electron chi connectivity index (χ1n) is 7.44. The molecule has 0 atom stereocenters. The van der Waals surface area contributed by atoms with Crippen molar-refractivity contribution in [1.82, 2.24) is 0 Å². The van der Waals surface area contributed by atoms with E-state index in [1.54, 1.807) is 37.4 Å². The molecule has 2 aromatic rings. The molecule has 5 heteroatoms. The largest absolute Gasteiger partial charge is 0.497 e. The number of hydrogen-bond donors (Lipinski definition) is 1. The van der Waals surface area contributed by atoms with Gasteiger partial charge in [0, 0.05) is 17.8 Å². The molecule has 126 valence electrons. The third-order valence-electron chi connectivity index (χ3n) is 3.23. The van der Waals surface area contributed by atoms with Gasteiger partial charge in [-0.15, -0.1) is 0 Å². The summed E-state index contributed by atoms with van der Waals surface area (Å²) < 4.78 is 16.0. The van der Waals surface area contributed by atoms with Crippen LogP contribution in [0.4, 0.5) is 5.69 Å². The summed E-state index contributed by atoms with van der Waals surface area (Å²) in [6.45, 7) is 6.12. The molecule has 0 aliphatic carbocycles. The number of methoxy groups -OCH3 is 2. The van der Waals surface area contributed by atoms with Crippen LogP contribution in [0.5, 0.6) is 17.2 Å². The van der Waals surface area contributed by atoms with Gasteiger partial charge >= 0.3 is 0 Å². The van der Waals surface area contributed by atoms with Crippen LogP contribution in [0.1, 0.15) is 17.3 Å². The number of anilines is 1.